The second-order valence-electron chi connectivity index (χ2n) is 4.68. The molecule has 2 rings (SSSR count). The van der Waals surface area contributed by atoms with Gasteiger partial charge in [0.25, 0.3) is 5.91 Å². The summed E-state index contributed by atoms with van der Waals surface area (Å²) in [5.74, 6) is -0.706. The highest BCUT2D eigenvalue weighted by atomic mass is 19.1. The minimum Gasteiger partial charge on any atom is -0.319 e. The van der Waals surface area contributed by atoms with Crippen molar-refractivity contribution in [1.82, 2.24) is 0 Å². The van der Waals surface area contributed by atoms with Crippen molar-refractivity contribution in [3.8, 4) is 0 Å². The average Bonchev–Trinajstić information content (AvgIpc) is 2.36. The zero-order valence-electron chi connectivity index (χ0n) is 11.3. The van der Waals surface area contributed by atoms with E-state index in [9.17, 15) is 9.18 Å². The molecule has 0 heterocycles. The van der Waals surface area contributed by atoms with Gasteiger partial charge >= 0.3 is 0 Å². The van der Waals surface area contributed by atoms with Crippen LogP contribution in [0, 0.1) is 26.6 Å². The second kappa shape index (κ2) is 5.22. The summed E-state index contributed by atoms with van der Waals surface area (Å²) in [4.78, 5) is 12.1. The monoisotopic (exact) mass is 257 g/mol. The Balaban J connectivity index is 2.28. The third-order valence-corrected chi connectivity index (χ3v) is 3.22. The molecule has 0 radical (unpaired) electrons. The summed E-state index contributed by atoms with van der Waals surface area (Å²) in [6.07, 6.45) is 0. The molecular formula is C16H16FNO. The third kappa shape index (κ3) is 2.81. The maximum absolute atomic E-state index is 13.7. The van der Waals surface area contributed by atoms with E-state index >= 15 is 0 Å². The number of amides is 1. The van der Waals surface area contributed by atoms with Crippen molar-refractivity contribution < 1.29 is 9.18 Å². The predicted octanol–water partition coefficient (Wildman–Crippen LogP) is 4.00. The zero-order valence-corrected chi connectivity index (χ0v) is 11.3. The number of aryl methyl sites for hydroxylation is 2. The molecule has 0 aliphatic heterocycles. The Hall–Kier alpha value is -2.16. The van der Waals surface area contributed by atoms with E-state index < -0.39 is 5.82 Å². The van der Waals surface area contributed by atoms with Crippen LogP contribution in [0.4, 0.5) is 10.1 Å². The fourth-order valence-corrected chi connectivity index (χ4v) is 1.91. The Labute approximate surface area is 112 Å². The zero-order chi connectivity index (χ0) is 14.0. The van der Waals surface area contributed by atoms with Crippen LogP contribution in [-0.4, -0.2) is 5.91 Å². The molecule has 3 heteroatoms. The molecule has 0 fully saturated rings. The van der Waals surface area contributed by atoms with Gasteiger partial charge in [-0.3, -0.25) is 4.79 Å². The van der Waals surface area contributed by atoms with E-state index in [0.717, 1.165) is 16.7 Å². The van der Waals surface area contributed by atoms with E-state index in [1.54, 1.807) is 25.1 Å². The molecule has 1 N–H and O–H groups in total. The van der Waals surface area contributed by atoms with Gasteiger partial charge in [-0.05, 0) is 55.7 Å². The SMILES string of the molecule is Cc1ccc(NC(=O)c2cccc(C)c2C)c(F)c1. The van der Waals surface area contributed by atoms with Crippen molar-refractivity contribution in [3.63, 3.8) is 0 Å². The number of carbonyl (C=O) groups excluding carboxylic acids is 1. The van der Waals surface area contributed by atoms with E-state index in [4.69, 9.17) is 0 Å². The summed E-state index contributed by atoms with van der Waals surface area (Å²) < 4.78 is 13.7. The first-order chi connectivity index (χ1) is 8.99. The summed E-state index contributed by atoms with van der Waals surface area (Å²) >= 11 is 0. The number of benzene rings is 2. The van der Waals surface area contributed by atoms with Gasteiger partial charge in [-0.25, -0.2) is 4.39 Å². The molecular weight excluding hydrogens is 241 g/mol. The molecule has 0 spiro atoms. The molecule has 0 atom stereocenters. The van der Waals surface area contributed by atoms with Gasteiger partial charge in [0.15, 0.2) is 0 Å². The van der Waals surface area contributed by atoms with Gasteiger partial charge in [0.1, 0.15) is 5.82 Å². The van der Waals surface area contributed by atoms with Crippen LogP contribution in [0.25, 0.3) is 0 Å². The summed E-state index contributed by atoms with van der Waals surface area (Å²) in [7, 11) is 0. The van der Waals surface area contributed by atoms with Gasteiger partial charge in [0.2, 0.25) is 0 Å². The molecule has 2 aromatic carbocycles. The first-order valence-corrected chi connectivity index (χ1v) is 6.13. The summed E-state index contributed by atoms with van der Waals surface area (Å²) in [5, 5.41) is 2.61. The first-order valence-electron chi connectivity index (χ1n) is 6.13. The number of carbonyl (C=O) groups is 1. The Bertz CT molecular complexity index is 635. The molecule has 19 heavy (non-hydrogen) atoms. The summed E-state index contributed by atoms with van der Waals surface area (Å²) in [6.45, 7) is 5.63. The lowest BCUT2D eigenvalue weighted by atomic mass is 10.0. The van der Waals surface area contributed by atoms with Gasteiger partial charge in [0, 0.05) is 5.56 Å². The van der Waals surface area contributed by atoms with E-state index in [1.165, 1.54) is 6.07 Å². The highest BCUT2D eigenvalue weighted by Gasteiger charge is 2.12. The van der Waals surface area contributed by atoms with Crippen molar-refractivity contribution in [2.45, 2.75) is 20.8 Å². The van der Waals surface area contributed by atoms with E-state index in [-0.39, 0.29) is 11.6 Å². The van der Waals surface area contributed by atoms with Crippen molar-refractivity contribution in [1.29, 1.82) is 0 Å². The van der Waals surface area contributed by atoms with Crippen LogP contribution in [0.3, 0.4) is 0 Å². The molecule has 0 aliphatic carbocycles. The number of anilines is 1. The highest BCUT2D eigenvalue weighted by Crippen LogP contribution is 2.18. The Morgan fingerprint density at radius 1 is 1.11 bits per heavy atom. The van der Waals surface area contributed by atoms with E-state index in [1.807, 2.05) is 26.0 Å². The maximum Gasteiger partial charge on any atom is 0.256 e. The molecule has 0 bridgehead atoms. The lowest BCUT2D eigenvalue weighted by Gasteiger charge is -2.10. The highest BCUT2D eigenvalue weighted by molar-refractivity contribution is 6.05. The van der Waals surface area contributed by atoms with Crippen molar-refractivity contribution in [3.05, 3.63) is 64.5 Å². The quantitative estimate of drug-likeness (QED) is 0.865. The Morgan fingerprint density at radius 3 is 2.53 bits per heavy atom. The van der Waals surface area contributed by atoms with Crippen LogP contribution in [0.5, 0.6) is 0 Å². The van der Waals surface area contributed by atoms with Gasteiger partial charge in [-0.1, -0.05) is 18.2 Å². The fraction of sp³-hybridized carbons (Fsp3) is 0.188. The van der Waals surface area contributed by atoms with Crippen LogP contribution >= 0.6 is 0 Å². The standard InChI is InChI=1S/C16H16FNO/c1-10-7-8-15(14(17)9-10)18-16(19)13-6-4-5-11(2)12(13)3/h4-9H,1-3H3,(H,18,19). The van der Waals surface area contributed by atoms with Crippen molar-refractivity contribution in [2.24, 2.45) is 0 Å². The smallest absolute Gasteiger partial charge is 0.256 e. The van der Waals surface area contributed by atoms with Crippen molar-refractivity contribution >= 4 is 11.6 Å². The lowest BCUT2D eigenvalue weighted by molar-refractivity contribution is 0.102. The maximum atomic E-state index is 13.7. The number of rotatable bonds is 2. The van der Waals surface area contributed by atoms with Gasteiger partial charge in [0.05, 0.1) is 5.69 Å². The number of halogens is 1. The number of hydrogen-bond acceptors (Lipinski definition) is 1. The minimum atomic E-state index is -0.418. The van der Waals surface area contributed by atoms with Crippen LogP contribution in [-0.2, 0) is 0 Å². The molecule has 0 aromatic heterocycles. The molecule has 98 valence electrons. The molecule has 0 unspecified atom stereocenters. The third-order valence-electron chi connectivity index (χ3n) is 3.22. The van der Waals surface area contributed by atoms with Crippen LogP contribution in [0.15, 0.2) is 36.4 Å². The molecule has 1 amide bonds. The van der Waals surface area contributed by atoms with Crippen LogP contribution in [0.1, 0.15) is 27.0 Å². The average molecular weight is 257 g/mol. The van der Waals surface area contributed by atoms with Crippen molar-refractivity contribution in [2.75, 3.05) is 5.32 Å². The predicted molar refractivity (Wildman–Crippen MR) is 75.0 cm³/mol. The van der Waals surface area contributed by atoms with E-state index in [2.05, 4.69) is 5.32 Å². The fourth-order valence-electron chi connectivity index (χ4n) is 1.91. The molecule has 2 nitrogen and oxygen atoms in total. The first kappa shape index (κ1) is 13.3. The Morgan fingerprint density at radius 2 is 1.84 bits per heavy atom. The summed E-state index contributed by atoms with van der Waals surface area (Å²) in [6, 6.07) is 10.2. The number of hydrogen-bond donors (Lipinski definition) is 1. The van der Waals surface area contributed by atoms with Crippen LogP contribution < -0.4 is 5.32 Å². The largest absolute Gasteiger partial charge is 0.319 e. The summed E-state index contributed by atoms with van der Waals surface area (Å²) in [5.41, 5.74) is 3.54. The Kier molecular flexibility index (Phi) is 3.65. The lowest BCUT2D eigenvalue weighted by Crippen LogP contribution is -2.14. The normalized spacial score (nSPS) is 10.3. The van der Waals surface area contributed by atoms with Gasteiger partial charge in [-0.15, -0.1) is 0 Å². The topological polar surface area (TPSA) is 29.1 Å². The minimum absolute atomic E-state index is 0.205. The molecule has 0 saturated heterocycles. The molecule has 0 saturated carbocycles. The molecule has 0 aliphatic rings. The van der Waals surface area contributed by atoms with Gasteiger partial charge in [-0.2, -0.15) is 0 Å². The van der Waals surface area contributed by atoms with Gasteiger partial charge < -0.3 is 5.32 Å². The van der Waals surface area contributed by atoms with E-state index in [0.29, 0.717) is 5.56 Å². The number of nitrogens with one attached hydrogen (secondary N) is 1. The second-order valence-corrected chi connectivity index (χ2v) is 4.68. The van der Waals surface area contributed by atoms with Crippen LogP contribution in [0.2, 0.25) is 0 Å². The molecule has 2 aromatic rings.